The number of aliphatic carboxylic acids is 1. The maximum absolute atomic E-state index is 12.9. The molecule has 182 valence electrons. The summed E-state index contributed by atoms with van der Waals surface area (Å²) in [5, 5.41) is 13.9. The molecular formula is C26H28N4O4S. The minimum atomic E-state index is -0.987. The van der Waals surface area contributed by atoms with Gasteiger partial charge < -0.3 is 26.0 Å². The summed E-state index contributed by atoms with van der Waals surface area (Å²) in [4.78, 5) is 41.7. The smallest absolute Gasteiger partial charge is 0.305 e. The van der Waals surface area contributed by atoms with E-state index in [9.17, 15) is 19.5 Å². The van der Waals surface area contributed by atoms with E-state index in [4.69, 9.17) is 5.73 Å². The highest BCUT2D eigenvalue weighted by Crippen LogP contribution is 2.27. The molecule has 1 aromatic heterocycles. The Morgan fingerprint density at radius 3 is 2.46 bits per heavy atom. The zero-order chi connectivity index (χ0) is 24.8. The molecule has 0 radical (unpaired) electrons. The minimum absolute atomic E-state index is 0.0223. The standard InChI is InChI=1S/C26H28N4O4S/c27-20-16-19(25(33)28-21(17-24(31)32)23-8-4-15-35-23)9-10-22(20)29-11-5-12-30(14-13-29)26(34)18-6-2-1-3-7-18/h1-4,6-10,15-16,21H,5,11-14,17,27H2,(H,28,33)(H,31,32). The predicted molar refractivity (Wildman–Crippen MR) is 137 cm³/mol. The summed E-state index contributed by atoms with van der Waals surface area (Å²) in [7, 11) is 0. The summed E-state index contributed by atoms with van der Waals surface area (Å²) < 4.78 is 0. The normalized spacial score (nSPS) is 14.7. The predicted octanol–water partition coefficient (Wildman–Crippen LogP) is 3.63. The first-order valence-corrected chi connectivity index (χ1v) is 12.3. The van der Waals surface area contributed by atoms with Gasteiger partial charge in [-0.25, -0.2) is 0 Å². The van der Waals surface area contributed by atoms with E-state index < -0.39 is 12.0 Å². The van der Waals surface area contributed by atoms with E-state index in [0.29, 0.717) is 36.4 Å². The molecule has 2 heterocycles. The van der Waals surface area contributed by atoms with Crippen LogP contribution in [-0.4, -0.2) is 54.0 Å². The SMILES string of the molecule is Nc1cc(C(=O)NC(CC(=O)O)c2cccs2)ccc1N1CCCN(C(=O)c2ccccc2)CC1. The van der Waals surface area contributed by atoms with Gasteiger partial charge in [-0.1, -0.05) is 24.3 Å². The number of rotatable bonds is 7. The monoisotopic (exact) mass is 492 g/mol. The second-order valence-corrected chi connectivity index (χ2v) is 9.39. The first kappa shape index (κ1) is 24.3. The van der Waals surface area contributed by atoms with Crippen LogP contribution < -0.4 is 16.0 Å². The number of amides is 2. The summed E-state index contributed by atoms with van der Waals surface area (Å²) in [6.07, 6.45) is 0.601. The number of carboxylic acids is 1. The van der Waals surface area contributed by atoms with Gasteiger partial charge >= 0.3 is 5.97 Å². The van der Waals surface area contributed by atoms with Gasteiger partial charge in [-0.3, -0.25) is 14.4 Å². The highest BCUT2D eigenvalue weighted by atomic mass is 32.1. The number of benzene rings is 2. The third kappa shape index (κ3) is 5.99. The van der Waals surface area contributed by atoms with Gasteiger partial charge in [-0.15, -0.1) is 11.3 Å². The maximum Gasteiger partial charge on any atom is 0.305 e. The molecule has 1 fully saturated rings. The van der Waals surface area contributed by atoms with E-state index >= 15 is 0 Å². The average molecular weight is 493 g/mol. The van der Waals surface area contributed by atoms with Gasteiger partial charge in [0.1, 0.15) is 0 Å². The molecule has 1 aliphatic rings. The van der Waals surface area contributed by atoms with Gasteiger partial charge in [0.2, 0.25) is 0 Å². The van der Waals surface area contributed by atoms with Crippen molar-refractivity contribution < 1.29 is 19.5 Å². The molecule has 35 heavy (non-hydrogen) atoms. The molecule has 2 amide bonds. The number of carboxylic acid groups (broad SMARTS) is 1. The van der Waals surface area contributed by atoms with Crippen LogP contribution in [0.2, 0.25) is 0 Å². The molecule has 0 bridgehead atoms. The van der Waals surface area contributed by atoms with Crippen molar-refractivity contribution in [3.63, 3.8) is 0 Å². The van der Waals surface area contributed by atoms with Gasteiger partial charge in [-0.05, 0) is 48.2 Å². The number of hydrogen-bond donors (Lipinski definition) is 3. The van der Waals surface area contributed by atoms with Crippen LogP contribution in [0.4, 0.5) is 11.4 Å². The lowest BCUT2D eigenvalue weighted by Gasteiger charge is -2.25. The van der Waals surface area contributed by atoms with E-state index in [1.165, 1.54) is 11.3 Å². The Kier molecular flexibility index (Phi) is 7.67. The highest BCUT2D eigenvalue weighted by molar-refractivity contribution is 7.10. The van der Waals surface area contributed by atoms with Gasteiger partial charge in [0.15, 0.2) is 0 Å². The lowest BCUT2D eigenvalue weighted by Crippen LogP contribution is -2.35. The van der Waals surface area contributed by atoms with Crippen molar-refractivity contribution in [2.24, 2.45) is 0 Å². The first-order valence-electron chi connectivity index (χ1n) is 11.5. The molecule has 1 aliphatic heterocycles. The van der Waals surface area contributed by atoms with Crippen molar-refractivity contribution in [1.82, 2.24) is 10.2 Å². The second kappa shape index (κ2) is 11.1. The molecular weight excluding hydrogens is 464 g/mol. The second-order valence-electron chi connectivity index (χ2n) is 8.41. The van der Waals surface area contributed by atoms with Crippen LogP contribution >= 0.6 is 11.3 Å². The molecule has 8 nitrogen and oxygen atoms in total. The lowest BCUT2D eigenvalue weighted by atomic mass is 10.1. The van der Waals surface area contributed by atoms with E-state index in [0.717, 1.165) is 23.5 Å². The Balaban J connectivity index is 1.42. The van der Waals surface area contributed by atoms with Crippen LogP contribution in [0.5, 0.6) is 0 Å². The average Bonchev–Trinajstić information content (AvgIpc) is 3.29. The third-order valence-corrected chi connectivity index (χ3v) is 6.99. The molecule has 0 aliphatic carbocycles. The number of hydrogen-bond acceptors (Lipinski definition) is 6. The lowest BCUT2D eigenvalue weighted by molar-refractivity contribution is -0.137. The Bertz CT molecular complexity index is 1180. The van der Waals surface area contributed by atoms with Crippen LogP contribution in [0.1, 0.15) is 44.5 Å². The molecule has 9 heteroatoms. The highest BCUT2D eigenvalue weighted by Gasteiger charge is 2.23. The molecule has 1 saturated heterocycles. The molecule has 1 unspecified atom stereocenters. The number of carbonyl (C=O) groups excluding carboxylic acids is 2. The molecule has 4 N–H and O–H groups in total. The Labute approximate surface area is 208 Å². The minimum Gasteiger partial charge on any atom is -0.481 e. The topological polar surface area (TPSA) is 116 Å². The fraction of sp³-hybridized carbons (Fsp3) is 0.269. The zero-order valence-electron chi connectivity index (χ0n) is 19.2. The van der Waals surface area contributed by atoms with E-state index in [1.807, 2.05) is 52.7 Å². The Morgan fingerprint density at radius 2 is 1.77 bits per heavy atom. The van der Waals surface area contributed by atoms with Crippen molar-refractivity contribution in [3.05, 3.63) is 82.0 Å². The van der Waals surface area contributed by atoms with Crippen molar-refractivity contribution in [2.45, 2.75) is 18.9 Å². The molecule has 0 spiro atoms. The number of nitrogen functional groups attached to an aromatic ring is 1. The number of anilines is 2. The third-order valence-electron chi connectivity index (χ3n) is 6.00. The summed E-state index contributed by atoms with van der Waals surface area (Å²) in [6, 6.07) is 17.4. The number of nitrogens with one attached hydrogen (secondary N) is 1. The largest absolute Gasteiger partial charge is 0.481 e. The van der Waals surface area contributed by atoms with Gasteiger partial charge in [0.05, 0.1) is 23.8 Å². The van der Waals surface area contributed by atoms with Crippen molar-refractivity contribution >= 4 is 40.5 Å². The first-order chi connectivity index (χ1) is 16.9. The molecule has 3 aromatic rings. The van der Waals surface area contributed by atoms with Crippen LogP contribution in [0.15, 0.2) is 66.0 Å². The molecule has 0 saturated carbocycles. The van der Waals surface area contributed by atoms with Gasteiger partial charge in [0, 0.05) is 42.2 Å². The summed E-state index contributed by atoms with van der Waals surface area (Å²) in [5.41, 5.74) is 8.67. The molecule has 1 atom stereocenters. The van der Waals surface area contributed by atoms with Crippen molar-refractivity contribution in [2.75, 3.05) is 36.8 Å². The van der Waals surface area contributed by atoms with E-state index in [2.05, 4.69) is 10.2 Å². The summed E-state index contributed by atoms with van der Waals surface area (Å²) in [6.45, 7) is 2.62. The number of thiophene rings is 1. The summed E-state index contributed by atoms with van der Waals surface area (Å²) >= 11 is 1.40. The molecule has 4 rings (SSSR count). The maximum atomic E-state index is 12.9. The zero-order valence-corrected chi connectivity index (χ0v) is 20.0. The quantitative estimate of drug-likeness (QED) is 0.434. The number of nitrogens with two attached hydrogens (primary N) is 1. The van der Waals surface area contributed by atoms with Crippen LogP contribution in [-0.2, 0) is 4.79 Å². The van der Waals surface area contributed by atoms with Crippen molar-refractivity contribution in [3.8, 4) is 0 Å². The summed E-state index contributed by atoms with van der Waals surface area (Å²) in [5.74, 6) is -1.34. The fourth-order valence-corrected chi connectivity index (χ4v) is 5.01. The van der Waals surface area contributed by atoms with Crippen LogP contribution in [0.3, 0.4) is 0 Å². The Morgan fingerprint density at radius 1 is 0.971 bits per heavy atom. The van der Waals surface area contributed by atoms with Crippen LogP contribution in [0.25, 0.3) is 0 Å². The molecule has 2 aromatic carbocycles. The van der Waals surface area contributed by atoms with Gasteiger partial charge in [0.25, 0.3) is 11.8 Å². The van der Waals surface area contributed by atoms with Crippen molar-refractivity contribution in [1.29, 1.82) is 0 Å². The van der Waals surface area contributed by atoms with Crippen LogP contribution in [0, 0.1) is 0 Å². The van der Waals surface area contributed by atoms with E-state index in [1.54, 1.807) is 18.2 Å². The van der Waals surface area contributed by atoms with Gasteiger partial charge in [-0.2, -0.15) is 0 Å². The number of nitrogens with zero attached hydrogens (tertiary/aromatic N) is 2. The number of carbonyl (C=O) groups is 3. The van der Waals surface area contributed by atoms with E-state index in [-0.39, 0.29) is 18.2 Å². The Hall–Kier alpha value is -3.85. The fourth-order valence-electron chi connectivity index (χ4n) is 4.24.